The monoisotopic (exact) mass is 420 g/mol. The number of likely N-dealkylation sites (tertiary alicyclic amines) is 1. The molecule has 1 aliphatic heterocycles. The van der Waals surface area contributed by atoms with Crippen molar-refractivity contribution in [3.63, 3.8) is 0 Å². The Kier molecular flexibility index (Phi) is 7.75. The molecule has 1 saturated heterocycles. The van der Waals surface area contributed by atoms with Crippen molar-refractivity contribution in [3.8, 4) is 5.75 Å². The lowest BCUT2D eigenvalue weighted by Gasteiger charge is -2.28. The second-order valence-corrected chi connectivity index (χ2v) is 9.77. The van der Waals surface area contributed by atoms with Crippen LogP contribution in [0, 0.1) is 5.41 Å². The lowest BCUT2D eigenvalue weighted by Crippen LogP contribution is -2.42. The maximum absolute atomic E-state index is 12.4. The van der Waals surface area contributed by atoms with Crippen LogP contribution in [0.1, 0.15) is 59.9 Å². The molecule has 0 aliphatic carbocycles. The highest BCUT2D eigenvalue weighted by Gasteiger charge is 2.32. The number of amides is 1. The van der Waals surface area contributed by atoms with E-state index in [0.29, 0.717) is 24.1 Å². The summed E-state index contributed by atoms with van der Waals surface area (Å²) in [6.45, 7) is 13.1. The summed E-state index contributed by atoms with van der Waals surface area (Å²) in [5, 5.41) is 0.425. The van der Waals surface area contributed by atoms with Crippen molar-refractivity contribution in [1.29, 1.82) is 0 Å². The average molecular weight is 421 g/mol. The maximum Gasteiger partial charge on any atom is 0.410 e. The second-order valence-electron chi connectivity index (χ2n) is 9.42. The van der Waals surface area contributed by atoms with E-state index >= 15 is 0 Å². The Bertz CT molecular complexity index is 760. The molecular weight excluding hydrogens is 388 g/mol. The highest BCUT2D eigenvalue weighted by atomic mass is 35.5. The van der Waals surface area contributed by atoms with E-state index in [1.807, 2.05) is 45.1 Å². The zero-order valence-corrected chi connectivity index (χ0v) is 19.1. The smallest absolute Gasteiger partial charge is 0.410 e. The molecular formula is C23H33ClN2O3. The van der Waals surface area contributed by atoms with Crippen molar-refractivity contribution in [3.05, 3.63) is 41.2 Å². The SMILES string of the molecule is CC(C)(C)/C=C/C=C/c1cc(OC[C@@H]2CCCN2C(=O)OC(C)(C)C)cnc1Cl. The lowest BCUT2D eigenvalue weighted by molar-refractivity contribution is 0.0187. The minimum Gasteiger partial charge on any atom is -0.490 e. The summed E-state index contributed by atoms with van der Waals surface area (Å²) in [6.07, 6.45) is 11.1. The summed E-state index contributed by atoms with van der Waals surface area (Å²) < 4.78 is 11.4. The fraction of sp³-hybridized carbons (Fsp3) is 0.565. The van der Waals surface area contributed by atoms with E-state index in [4.69, 9.17) is 21.1 Å². The van der Waals surface area contributed by atoms with Gasteiger partial charge < -0.3 is 14.4 Å². The number of hydrogen-bond acceptors (Lipinski definition) is 4. The largest absolute Gasteiger partial charge is 0.490 e. The normalized spacial score (nSPS) is 18.0. The molecule has 0 spiro atoms. The van der Waals surface area contributed by atoms with Crippen molar-refractivity contribution in [2.75, 3.05) is 13.2 Å². The molecule has 0 saturated carbocycles. The number of ether oxygens (including phenoxy) is 2. The van der Waals surface area contributed by atoms with Crippen LogP contribution in [-0.2, 0) is 4.74 Å². The number of aromatic nitrogens is 1. The summed E-state index contributed by atoms with van der Waals surface area (Å²) in [7, 11) is 0. The fourth-order valence-electron chi connectivity index (χ4n) is 2.91. The molecule has 2 heterocycles. The highest BCUT2D eigenvalue weighted by molar-refractivity contribution is 6.30. The van der Waals surface area contributed by atoms with Gasteiger partial charge >= 0.3 is 6.09 Å². The summed E-state index contributed by atoms with van der Waals surface area (Å²) >= 11 is 6.21. The molecule has 0 unspecified atom stereocenters. The minimum absolute atomic E-state index is 0.00533. The van der Waals surface area contributed by atoms with Crippen molar-refractivity contribution in [2.24, 2.45) is 5.41 Å². The van der Waals surface area contributed by atoms with Crippen molar-refractivity contribution in [2.45, 2.75) is 66.0 Å². The molecule has 1 aliphatic rings. The van der Waals surface area contributed by atoms with Gasteiger partial charge in [-0.1, -0.05) is 56.7 Å². The molecule has 5 nitrogen and oxygen atoms in total. The molecule has 1 fully saturated rings. The molecule has 0 aromatic carbocycles. The van der Waals surface area contributed by atoms with Gasteiger partial charge in [0.25, 0.3) is 0 Å². The third-order valence-corrected chi connectivity index (χ3v) is 4.59. The zero-order valence-electron chi connectivity index (χ0n) is 18.4. The Hall–Kier alpha value is -2.01. The van der Waals surface area contributed by atoms with Crippen LogP contribution in [0.15, 0.2) is 30.5 Å². The van der Waals surface area contributed by atoms with Crippen LogP contribution < -0.4 is 4.74 Å². The fourth-order valence-corrected chi connectivity index (χ4v) is 3.07. The van der Waals surface area contributed by atoms with E-state index in [1.165, 1.54) is 0 Å². The average Bonchev–Trinajstić information content (AvgIpc) is 3.05. The van der Waals surface area contributed by atoms with E-state index in [0.717, 1.165) is 18.4 Å². The Morgan fingerprint density at radius 3 is 2.66 bits per heavy atom. The molecule has 2 rings (SSSR count). The van der Waals surface area contributed by atoms with Crippen molar-refractivity contribution >= 4 is 23.8 Å². The first-order valence-corrected chi connectivity index (χ1v) is 10.5. The molecule has 1 amide bonds. The van der Waals surface area contributed by atoms with Crippen LogP contribution in [0.3, 0.4) is 0 Å². The van der Waals surface area contributed by atoms with Gasteiger partial charge in [-0.3, -0.25) is 0 Å². The van der Waals surface area contributed by atoms with E-state index in [1.54, 1.807) is 11.1 Å². The minimum atomic E-state index is -0.506. The topological polar surface area (TPSA) is 51.7 Å². The molecule has 0 bridgehead atoms. The number of allylic oxidation sites excluding steroid dienone is 3. The number of nitrogens with zero attached hydrogens (tertiary/aromatic N) is 2. The third kappa shape index (κ3) is 8.09. The molecule has 160 valence electrons. The van der Waals surface area contributed by atoms with Crippen molar-refractivity contribution < 1.29 is 14.3 Å². The van der Waals surface area contributed by atoms with Gasteiger partial charge in [0.05, 0.1) is 12.2 Å². The third-order valence-electron chi connectivity index (χ3n) is 4.27. The predicted octanol–water partition coefficient (Wildman–Crippen LogP) is 6.13. The molecule has 1 atom stereocenters. The van der Waals surface area contributed by atoms with Crippen LogP contribution in [0.25, 0.3) is 6.08 Å². The molecule has 29 heavy (non-hydrogen) atoms. The van der Waals surface area contributed by atoms with Gasteiger partial charge in [-0.25, -0.2) is 9.78 Å². The van der Waals surface area contributed by atoms with Gasteiger partial charge in [0.15, 0.2) is 0 Å². The number of halogens is 1. The standard InChI is InChI=1S/C23H33ClN2O3/c1-22(2,3)12-8-7-10-17-14-19(15-25-20(17)24)28-16-18-11-9-13-26(18)21(27)29-23(4,5)6/h7-8,10,12,14-15,18H,9,11,13,16H2,1-6H3/b10-7+,12-8+/t18-/m0/s1. The van der Waals surface area contributed by atoms with E-state index in [-0.39, 0.29) is 17.6 Å². The number of hydrogen-bond donors (Lipinski definition) is 0. The van der Waals surface area contributed by atoms with Gasteiger partial charge in [-0.2, -0.15) is 0 Å². The lowest BCUT2D eigenvalue weighted by atomic mass is 9.96. The van der Waals surface area contributed by atoms with Gasteiger partial charge in [0.1, 0.15) is 23.1 Å². The van der Waals surface area contributed by atoms with Crippen LogP contribution in [0.5, 0.6) is 5.75 Å². The summed E-state index contributed by atoms with van der Waals surface area (Å²) in [5.41, 5.74) is 0.408. The highest BCUT2D eigenvalue weighted by Crippen LogP contribution is 2.24. The number of carbonyl (C=O) groups excluding carboxylic acids is 1. The Balaban J connectivity index is 1.99. The van der Waals surface area contributed by atoms with Gasteiger partial charge in [0.2, 0.25) is 0 Å². The first kappa shape index (κ1) is 23.3. The zero-order chi connectivity index (χ0) is 21.7. The Morgan fingerprint density at radius 2 is 2.00 bits per heavy atom. The Labute approximate surface area is 179 Å². The van der Waals surface area contributed by atoms with Gasteiger partial charge in [-0.05, 0) is 45.1 Å². The molecule has 0 N–H and O–H groups in total. The molecule has 1 aromatic rings. The van der Waals surface area contributed by atoms with Crippen LogP contribution in [0.4, 0.5) is 4.79 Å². The van der Waals surface area contributed by atoms with Gasteiger partial charge in [-0.15, -0.1) is 0 Å². The summed E-state index contributed by atoms with van der Waals surface area (Å²) in [6, 6.07) is 1.86. The van der Waals surface area contributed by atoms with E-state index < -0.39 is 5.60 Å². The first-order chi connectivity index (χ1) is 13.4. The van der Waals surface area contributed by atoms with Gasteiger partial charge in [0, 0.05) is 12.1 Å². The van der Waals surface area contributed by atoms with E-state index in [9.17, 15) is 4.79 Å². The first-order valence-electron chi connectivity index (χ1n) is 10.1. The summed E-state index contributed by atoms with van der Waals surface area (Å²) in [4.78, 5) is 18.4. The van der Waals surface area contributed by atoms with Crippen LogP contribution >= 0.6 is 11.6 Å². The van der Waals surface area contributed by atoms with Crippen LogP contribution in [0.2, 0.25) is 5.15 Å². The maximum atomic E-state index is 12.4. The second kappa shape index (κ2) is 9.66. The molecule has 0 radical (unpaired) electrons. The number of rotatable bonds is 5. The molecule has 6 heteroatoms. The number of pyridine rings is 1. The van der Waals surface area contributed by atoms with Crippen molar-refractivity contribution in [1.82, 2.24) is 9.88 Å². The Morgan fingerprint density at radius 1 is 1.28 bits per heavy atom. The molecule has 1 aromatic heterocycles. The summed E-state index contributed by atoms with van der Waals surface area (Å²) in [5.74, 6) is 0.630. The predicted molar refractivity (Wildman–Crippen MR) is 118 cm³/mol. The van der Waals surface area contributed by atoms with E-state index in [2.05, 4.69) is 31.8 Å². The quantitative estimate of drug-likeness (QED) is 0.424. The van der Waals surface area contributed by atoms with Crippen LogP contribution in [-0.4, -0.2) is 40.8 Å². The number of carbonyl (C=O) groups is 1.